The van der Waals surface area contributed by atoms with Crippen molar-refractivity contribution in [1.82, 2.24) is 0 Å². The first-order valence-corrected chi connectivity index (χ1v) is 5.15. The molecule has 1 unspecified atom stereocenters. The van der Waals surface area contributed by atoms with Crippen molar-refractivity contribution in [3.05, 3.63) is 30.1 Å². The van der Waals surface area contributed by atoms with Gasteiger partial charge in [0.1, 0.15) is 5.82 Å². The van der Waals surface area contributed by atoms with Crippen LogP contribution in [-0.4, -0.2) is 24.8 Å². The van der Waals surface area contributed by atoms with E-state index in [0.29, 0.717) is 5.92 Å². The van der Waals surface area contributed by atoms with Gasteiger partial charge in [-0.2, -0.15) is 0 Å². The van der Waals surface area contributed by atoms with Crippen LogP contribution in [0.1, 0.15) is 13.8 Å². The number of nitrogens with zero attached hydrogens (tertiary/aromatic N) is 1. The molecule has 0 aliphatic carbocycles. The van der Waals surface area contributed by atoms with Crippen molar-refractivity contribution in [1.29, 1.82) is 0 Å². The van der Waals surface area contributed by atoms with Crippen molar-refractivity contribution in [2.24, 2.45) is 5.92 Å². The van der Waals surface area contributed by atoms with E-state index in [0.717, 1.165) is 5.69 Å². The van der Waals surface area contributed by atoms with Crippen molar-refractivity contribution < 1.29 is 9.50 Å². The van der Waals surface area contributed by atoms with E-state index in [-0.39, 0.29) is 18.5 Å². The van der Waals surface area contributed by atoms with Gasteiger partial charge in [-0.15, -0.1) is 0 Å². The van der Waals surface area contributed by atoms with Gasteiger partial charge >= 0.3 is 0 Å². The fourth-order valence-corrected chi connectivity index (χ4v) is 1.65. The Labute approximate surface area is 90.3 Å². The van der Waals surface area contributed by atoms with Crippen LogP contribution in [0, 0.1) is 11.7 Å². The molecular weight excluding hydrogens is 193 g/mol. The molecule has 1 aromatic carbocycles. The summed E-state index contributed by atoms with van der Waals surface area (Å²) in [6, 6.07) is 6.37. The summed E-state index contributed by atoms with van der Waals surface area (Å²) in [7, 11) is 1.91. The third-order valence-electron chi connectivity index (χ3n) is 2.69. The van der Waals surface area contributed by atoms with Crippen LogP contribution in [0.5, 0.6) is 0 Å². The molecule has 0 amide bonds. The van der Waals surface area contributed by atoms with Crippen LogP contribution < -0.4 is 4.90 Å². The molecule has 1 rings (SSSR count). The summed E-state index contributed by atoms with van der Waals surface area (Å²) in [5.41, 5.74) is 0.921. The van der Waals surface area contributed by atoms with Gasteiger partial charge in [0.2, 0.25) is 0 Å². The van der Waals surface area contributed by atoms with E-state index in [9.17, 15) is 9.50 Å². The standard InChI is InChI=1S/C12H18FNO/c1-9(2)12(8-15)14(3)11-6-4-10(13)5-7-11/h4-7,9,12,15H,8H2,1-3H3. The van der Waals surface area contributed by atoms with Gasteiger partial charge in [0.15, 0.2) is 0 Å². The summed E-state index contributed by atoms with van der Waals surface area (Å²) in [4.78, 5) is 1.98. The first kappa shape index (κ1) is 12.0. The molecule has 0 saturated heterocycles. The molecule has 0 spiro atoms. The number of hydrogen-bond donors (Lipinski definition) is 1. The number of anilines is 1. The van der Waals surface area contributed by atoms with E-state index in [1.54, 1.807) is 12.1 Å². The van der Waals surface area contributed by atoms with Crippen molar-refractivity contribution in [2.75, 3.05) is 18.6 Å². The van der Waals surface area contributed by atoms with Crippen LogP contribution >= 0.6 is 0 Å². The van der Waals surface area contributed by atoms with Crippen molar-refractivity contribution >= 4 is 5.69 Å². The van der Waals surface area contributed by atoms with Gasteiger partial charge in [-0.3, -0.25) is 0 Å². The zero-order valence-corrected chi connectivity index (χ0v) is 9.44. The minimum absolute atomic E-state index is 0.0652. The predicted molar refractivity (Wildman–Crippen MR) is 60.5 cm³/mol. The van der Waals surface area contributed by atoms with Crippen LogP contribution in [0.2, 0.25) is 0 Å². The average molecular weight is 211 g/mol. The zero-order chi connectivity index (χ0) is 11.4. The van der Waals surface area contributed by atoms with Gasteiger partial charge in [0, 0.05) is 12.7 Å². The van der Waals surface area contributed by atoms with E-state index >= 15 is 0 Å². The Morgan fingerprint density at radius 3 is 2.20 bits per heavy atom. The zero-order valence-electron chi connectivity index (χ0n) is 9.44. The van der Waals surface area contributed by atoms with E-state index in [1.165, 1.54) is 12.1 Å². The number of aliphatic hydroxyl groups excluding tert-OH is 1. The molecular formula is C12H18FNO. The number of hydrogen-bond acceptors (Lipinski definition) is 2. The van der Waals surface area contributed by atoms with Crippen molar-refractivity contribution in [3.63, 3.8) is 0 Å². The van der Waals surface area contributed by atoms with Gasteiger partial charge in [0.05, 0.1) is 12.6 Å². The molecule has 0 heterocycles. The molecule has 1 aromatic rings. The molecule has 0 fully saturated rings. The predicted octanol–water partition coefficient (Wildman–Crippen LogP) is 2.28. The normalized spacial score (nSPS) is 12.9. The summed E-state index contributed by atoms with van der Waals surface area (Å²) < 4.78 is 12.7. The maximum Gasteiger partial charge on any atom is 0.123 e. The number of likely N-dealkylation sites (N-methyl/N-ethyl adjacent to an activating group) is 1. The first-order chi connectivity index (χ1) is 7.06. The Hall–Kier alpha value is -1.09. The first-order valence-electron chi connectivity index (χ1n) is 5.15. The lowest BCUT2D eigenvalue weighted by atomic mass is 10.0. The molecule has 1 N–H and O–H groups in total. The third-order valence-corrected chi connectivity index (χ3v) is 2.69. The Kier molecular flexibility index (Phi) is 4.09. The Morgan fingerprint density at radius 2 is 1.80 bits per heavy atom. The number of aliphatic hydroxyl groups is 1. The highest BCUT2D eigenvalue weighted by atomic mass is 19.1. The topological polar surface area (TPSA) is 23.5 Å². The van der Waals surface area contributed by atoms with E-state index in [1.807, 2.05) is 11.9 Å². The molecule has 2 nitrogen and oxygen atoms in total. The molecule has 1 atom stereocenters. The van der Waals surface area contributed by atoms with Crippen LogP contribution in [0.4, 0.5) is 10.1 Å². The highest BCUT2D eigenvalue weighted by molar-refractivity contribution is 5.46. The second kappa shape index (κ2) is 5.12. The maximum absolute atomic E-state index is 12.7. The molecule has 84 valence electrons. The highest BCUT2D eigenvalue weighted by Crippen LogP contribution is 2.19. The van der Waals surface area contributed by atoms with Gasteiger partial charge in [-0.1, -0.05) is 13.8 Å². The van der Waals surface area contributed by atoms with Crippen LogP contribution in [0.25, 0.3) is 0 Å². The van der Waals surface area contributed by atoms with Crippen LogP contribution in [-0.2, 0) is 0 Å². The largest absolute Gasteiger partial charge is 0.394 e. The molecule has 0 aliphatic rings. The Balaban J connectivity index is 2.82. The van der Waals surface area contributed by atoms with Crippen LogP contribution in [0.15, 0.2) is 24.3 Å². The van der Waals surface area contributed by atoms with Crippen molar-refractivity contribution in [3.8, 4) is 0 Å². The molecule has 0 bridgehead atoms. The third kappa shape index (κ3) is 2.93. The summed E-state index contributed by atoms with van der Waals surface area (Å²) >= 11 is 0. The number of benzene rings is 1. The van der Waals surface area contributed by atoms with E-state index in [2.05, 4.69) is 13.8 Å². The van der Waals surface area contributed by atoms with E-state index < -0.39 is 0 Å². The Morgan fingerprint density at radius 1 is 1.27 bits per heavy atom. The van der Waals surface area contributed by atoms with Gasteiger partial charge in [-0.05, 0) is 30.2 Å². The molecule has 0 saturated carbocycles. The van der Waals surface area contributed by atoms with Gasteiger partial charge in [-0.25, -0.2) is 4.39 Å². The summed E-state index contributed by atoms with van der Waals surface area (Å²) in [5.74, 6) is 0.113. The van der Waals surface area contributed by atoms with Crippen LogP contribution in [0.3, 0.4) is 0 Å². The van der Waals surface area contributed by atoms with Gasteiger partial charge in [0.25, 0.3) is 0 Å². The van der Waals surface area contributed by atoms with E-state index in [4.69, 9.17) is 0 Å². The maximum atomic E-state index is 12.7. The fraction of sp³-hybridized carbons (Fsp3) is 0.500. The lowest BCUT2D eigenvalue weighted by Crippen LogP contribution is -2.38. The fourth-order valence-electron chi connectivity index (χ4n) is 1.65. The van der Waals surface area contributed by atoms with Crippen molar-refractivity contribution in [2.45, 2.75) is 19.9 Å². The minimum atomic E-state index is -0.239. The lowest BCUT2D eigenvalue weighted by molar-refractivity contribution is 0.234. The molecule has 3 heteroatoms. The highest BCUT2D eigenvalue weighted by Gasteiger charge is 2.17. The summed E-state index contributed by atoms with van der Waals surface area (Å²) in [6.45, 7) is 4.22. The summed E-state index contributed by atoms with van der Waals surface area (Å²) in [5, 5.41) is 9.27. The lowest BCUT2D eigenvalue weighted by Gasteiger charge is -2.31. The molecule has 0 aromatic heterocycles. The number of halogens is 1. The Bertz CT molecular complexity index is 297. The SMILES string of the molecule is CC(C)C(CO)N(C)c1ccc(F)cc1. The second-order valence-corrected chi connectivity index (χ2v) is 4.08. The monoisotopic (exact) mass is 211 g/mol. The molecule has 15 heavy (non-hydrogen) atoms. The molecule has 0 aliphatic heterocycles. The minimum Gasteiger partial charge on any atom is -0.394 e. The average Bonchev–Trinajstić information content (AvgIpc) is 2.19. The van der Waals surface area contributed by atoms with Gasteiger partial charge < -0.3 is 10.0 Å². The smallest absolute Gasteiger partial charge is 0.123 e. The molecule has 0 radical (unpaired) electrons. The number of rotatable bonds is 4. The second-order valence-electron chi connectivity index (χ2n) is 4.08. The summed E-state index contributed by atoms with van der Waals surface area (Å²) in [6.07, 6.45) is 0. The quantitative estimate of drug-likeness (QED) is 0.826.